The number of benzene rings is 3. The molecular formula is C18H14ClNO3S. The molecule has 0 saturated heterocycles. The molecule has 0 aliphatic carbocycles. The van der Waals surface area contributed by atoms with Crippen LogP contribution in [0.5, 0.6) is 0 Å². The van der Waals surface area contributed by atoms with Crippen LogP contribution >= 0.6 is 11.6 Å². The number of carbonyl (C=O) groups is 1. The van der Waals surface area contributed by atoms with Gasteiger partial charge in [-0.3, -0.25) is 9.10 Å². The fourth-order valence-corrected chi connectivity index (χ4v) is 4.21. The average molecular weight is 360 g/mol. The van der Waals surface area contributed by atoms with Crippen molar-refractivity contribution in [3.63, 3.8) is 0 Å². The van der Waals surface area contributed by atoms with Crippen molar-refractivity contribution in [2.24, 2.45) is 0 Å². The number of hydrogen-bond acceptors (Lipinski definition) is 3. The van der Waals surface area contributed by atoms with Gasteiger partial charge in [0, 0.05) is 5.39 Å². The van der Waals surface area contributed by atoms with Crippen LogP contribution in [0.1, 0.15) is 0 Å². The van der Waals surface area contributed by atoms with Crippen molar-refractivity contribution in [3.05, 3.63) is 72.8 Å². The van der Waals surface area contributed by atoms with Crippen LogP contribution in [0.25, 0.3) is 10.8 Å². The predicted molar refractivity (Wildman–Crippen MR) is 95.8 cm³/mol. The lowest BCUT2D eigenvalue weighted by Gasteiger charge is -2.24. The molecule has 6 heteroatoms. The Morgan fingerprint density at radius 2 is 1.50 bits per heavy atom. The third kappa shape index (κ3) is 3.13. The molecule has 0 aromatic heterocycles. The van der Waals surface area contributed by atoms with E-state index >= 15 is 0 Å². The number of rotatable bonds is 5. The van der Waals surface area contributed by atoms with Gasteiger partial charge in [-0.1, -0.05) is 54.6 Å². The zero-order valence-electron chi connectivity index (χ0n) is 12.6. The van der Waals surface area contributed by atoms with E-state index in [4.69, 9.17) is 11.6 Å². The molecule has 0 saturated carbocycles. The lowest BCUT2D eigenvalue weighted by Crippen LogP contribution is -2.34. The zero-order valence-corrected chi connectivity index (χ0v) is 14.2. The van der Waals surface area contributed by atoms with Crippen molar-refractivity contribution in [2.75, 3.05) is 10.8 Å². The molecule has 24 heavy (non-hydrogen) atoms. The summed E-state index contributed by atoms with van der Waals surface area (Å²) in [6, 6.07) is 20.7. The van der Waals surface area contributed by atoms with Crippen LogP contribution in [0.3, 0.4) is 0 Å². The summed E-state index contributed by atoms with van der Waals surface area (Å²) < 4.78 is 27.1. The van der Waals surface area contributed by atoms with E-state index in [1.165, 1.54) is 12.1 Å². The summed E-state index contributed by atoms with van der Waals surface area (Å²) >= 11 is 5.52. The molecule has 0 unspecified atom stereocenters. The number of anilines is 1. The second-order valence-electron chi connectivity index (χ2n) is 5.18. The summed E-state index contributed by atoms with van der Waals surface area (Å²) in [5, 5.41) is 0.866. The van der Waals surface area contributed by atoms with Crippen LogP contribution in [-0.2, 0) is 14.8 Å². The molecule has 0 bridgehead atoms. The van der Waals surface area contributed by atoms with Crippen LogP contribution in [-0.4, -0.2) is 20.2 Å². The monoisotopic (exact) mass is 359 g/mol. The van der Waals surface area contributed by atoms with Gasteiger partial charge in [0.2, 0.25) is 5.24 Å². The molecule has 0 radical (unpaired) electrons. The summed E-state index contributed by atoms with van der Waals surface area (Å²) in [5.74, 6) is 0. The molecule has 3 aromatic carbocycles. The number of halogens is 1. The van der Waals surface area contributed by atoms with E-state index in [1.807, 2.05) is 30.3 Å². The molecule has 122 valence electrons. The average Bonchev–Trinajstić information content (AvgIpc) is 2.60. The summed E-state index contributed by atoms with van der Waals surface area (Å²) in [6.07, 6.45) is 0. The molecule has 0 atom stereocenters. The zero-order chi connectivity index (χ0) is 17.2. The summed E-state index contributed by atoms with van der Waals surface area (Å²) in [7, 11) is -3.91. The SMILES string of the molecule is O=C(Cl)CN(c1cccc2ccccc12)S(=O)(=O)c1ccccc1. The quantitative estimate of drug-likeness (QED) is 0.651. The second-order valence-corrected chi connectivity index (χ2v) is 7.46. The minimum absolute atomic E-state index is 0.107. The Hall–Kier alpha value is -2.37. The van der Waals surface area contributed by atoms with E-state index < -0.39 is 21.8 Å². The smallest absolute Gasteiger partial charge is 0.264 e. The Bertz CT molecular complexity index is 982. The van der Waals surface area contributed by atoms with Crippen molar-refractivity contribution in [3.8, 4) is 0 Å². The van der Waals surface area contributed by atoms with Gasteiger partial charge < -0.3 is 0 Å². The fraction of sp³-hybridized carbons (Fsp3) is 0.0556. The standard InChI is InChI=1S/C18H14ClNO3S/c19-18(21)13-20(24(22,23)15-9-2-1-3-10-15)17-12-6-8-14-7-4-5-11-16(14)17/h1-12H,13H2. The maximum atomic E-state index is 13.0. The first kappa shape index (κ1) is 16.5. The van der Waals surface area contributed by atoms with Crippen LogP contribution in [0, 0.1) is 0 Å². The molecule has 0 N–H and O–H groups in total. The summed E-state index contributed by atoms with van der Waals surface area (Å²) in [6.45, 7) is -0.438. The van der Waals surface area contributed by atoms with E-state index in [1.54, 1.807) is 30.3 Å². The van der Waals surface area contributed by atoms with Gasteiger partial charge in [0.15, 0.2) is 0 Å². The van der Waals surface area contributed by atoms with Gasteiger partial charge >= 0.3 is 0 Å². The number of fused-ring (bicyclic) bond motifs is 1. The molecule has 0 aliphatic heterocycles. The van der Waals surface area contributed by atoms with Crippen molar-refractivity contribution in [2.45, 2.75) is 4.90 Å². The molecule has 0 fully saturated rings. The summed E-state index contributed by atoms with van der Waals surface area (Å²) in [4.78, 5) is 11.6. The number of hydrogen-bond donors (Lipinski definition) is 0. The Kier molecular flexibility index (Phi) is 4.55. The normalized spacial score (nSPS) is 11.4. The Labute approximate surface area is 145 Å². The highest BCUT2D eigenvalue weighted by atomic mass is 35.5. The van der Waals surface area contributed by atoms with E-state index in [0.717, 1.165) is 15.1 Å². The van der Waals surface area contributed by atoms with Crippen LogP contribution < -0.4 is 4.31 Å². The third-order valence-corrected chi connectivity index (χ3v) is 5.53. The molecule has 0 heterocycles. The maximum Gasteiger partial charge on any atom is 0.264 e. The lowest BCUT2D eigenvalue weighted by molar-refractivity contribution is -0.110. The minimum atomic E-state index is -3.91. The van der Waals surface area contributed by atoms with E-state index in [9.17, 15) is 13.2 Å². The van der Waals surface area contributed by atoms with Crippen molar-refractivity contribution >= 4 is 43.3 Å². The van der Waals surface area contributed by atoms with Gasteiger partial charge in [0.05, 0.1) is 10.6 Å². The minimum Gasteiger partial charge on any atom is -0.279 e. The summed E-state index contributed by atoms with van der Waals surface area (Å²) in [5.41, 5.74) is 0.422. The Balaban J connectivity index is 2.22. The number of carbonyl (C=O) groups excluding carboxylic acids is 1. The first-order valence-corrected chi connectivity index (χ1v) is 9.06. The highest BCUT2D eigenvalue weighted by Gasteiger charge is 2.27. The van der Waals surface area contributed by atoms with Crippen LogP contribution in [0.2, 0.25) is 0 Å². The van der Waals surface area contributed by atoms with Gasteiger partial charge in [-0.05, 0) is 35.2 Å². The number of nitrogens with zero attached hydrogens (tertiary/aromatic N) is 1. The third-order valence-electron chi connectivity index (χ3n) is 3.63. The van der Waals surface area contributed by atoms with Gasteiger partial charge in [-0.25, -0.2) is 8.42 Å². The van der Waals surface area contributed by atoms with Gasteiger partial charge in [-0.15, -0.1) is 0 Å². The van der Waals surface area contributed by atoms with Crippen molar-refractivity contribution < 1.29 is 13.2 Å². The molecule has 0 amide bonds. The predicted octanol–water partition coefficient (Wildman–Crippen LogP) is 3.80. The number of sulfonamides is 1. The van der Waals surface area contributed by atoms with Crippen LogP contribution in [0.15, 0.2) is 77.7 Å². The Morgan fingerprint density at radius 3 is 2.21 bits per heavy atom. The van der Waals surface area contributed by atoms with E-state index in [-0.39, 0.29) is 4.90 Å². The highest BCUT2D eigenvalue weighted by molar-refractivity contribution is 7.92. The molecule has 4 nitrogen and oxygen atoms in total. The van der Waals surface area contributed by atoms with E-state index in [2.05, 4.69) is 0 Å². The second kappa shape index (κ2) is 6.63. The molecule has 3 rings (SSSR count). The van der Waals surface area contributed by atoms with Gasteiger partial charge in [0.25, 0.3) is 10.0 Å². The fourth-order valence-electron chi connectivity index (χ4n) is 2.56. The van der Waals surface area contributed by atoms with Gasteiger partial charge in [0.1, 0.15) is 6.54 Å². The van der Waals surface area contributed by atoms with E-state index in [0.29, 0.717) is 5.69 Å². The molecule has 0 spiro atoms. The van der Waals surface area contributed by atoms with Gasteiger partial charge in [-0.2, -0.15) is 0 Å². The first-order valence-electron chi connectivity index (χ1n) is 7.24. The van der Waals surface area contributed by atoms with Crippen molar-refractivity contribution in [1.82, 2.24) is 0 Å². The molecule has 3 aromatic rings. The van der Waals surface area contributed by atoms with Crippen molar-refractivity contribution in [1.29, 1.82) is 0 Å². The Morgan fingerprint density at radius 1 is 0.875 bits per heavy atom. The molecular weight excluding hydrogens is 346 g/mol. The molecule has 0 aliphatic rings. The lowest BCUT2D eigenvalue weighted by atomic mass is 10.1. The highest BCUT2D eigenvalue weighted by Crippen LogP contribution is 2.31. The maximum absolute atomic E-state index is 13.0. The topological polar surface area (TPSA) is 54.5 Å². The van der Waals surface area contributed by atoms with Crippen LogP contribution in [0.4, 0.5) is 5.69 Å². The largest absolute Gasteiger partial charge is 0.279 e. The first-order chi connectivity index (χ1) is 11.5.